The monoisotopic (exact) mass is 242 g/mol. The second kappa shape index (κ2) is 5.25. The van der Waals surface area contributed by atoms with Crippen molar-refractivity contribution in [3.05, 3.63) is 0 Å². The summed E-state index contributed by atoms with van der Waals surface area (Å²) in [5, 5.41) is 9.99. The molecule has 4 unspecified atom stereocenters. The highest BCUT2D eigenvalue weighted by Crippen LogP contribution is 2.41. The van der Waals surface area contributed by atoms with Gasteiger partial charge < -0.3 is 14.6 Å². The van der Waals surface area contributed by atoms with Crippen LogP contribution in [0.5, 0.6) is 0 Å². The predicted octanol–water partition coefficient (Wildman–Crippen LogP) is 2.23. The summed E-state index contributed by atoms with van der Waals surface area (Å²) >= 11 is 0. The van der Waals surface area contributed by atoms with Crippen LogP contribution in [-0.4, -0.2) is 36.6 Å². The summed E-state index contributed by atoms with van der Waals surface area (Å²) in [7, 11) is 0. The molecule has 2 rings (SSSR count). The zero-order chi connectivity index (χ0) is 12.5. The van der Waals surface area contributed by atoms with Gasteiger partial charge in [-0.25, -0.2) is 0 Å². The first-order valence-electron chi connectivity index (χ1n) is 6.94. The van der Waals surface area contributed by atoms with Crippen LogP contribution >= 0.6 is 0 Å². The van der Waals surface area contributed by atoms with Crippen LogP contribution in [0.25, 0.3) is 0 Å². The van der Waals surface area contributed by atoms with Crippen molar-refractivity contribution in [1.82, 2.24) is 0 Å². The van der Waals surface area contributed by atoms with Crippen molar-refractivity contribution in [3.8, 4) is 0 Å². The lowest BCUT2D eigenvalue weighted by Crippen LogP contribution is -2.45. The zero-order valence-electron chi connectivity index (χ0n) is 11.3. The van der Waals surface area contributed by atoms with Crippen LogP contribution in [0.4, 0.5) is 0 Å². The fourth-order valence-corrected chi connectivity index (χ4v) is 3.75. The van der Waals surface area contributed by atoms with E-state index in [-0.39, 0.29) is 11.7 Å². The van der Waals surface area contributed by atoms with Gasteiger partial charge in [0.1, 0.15) is 0 Å². The number of hydrogen-bond donors (Lipinski definition) is 1. The third-order valence-corrected chi connectivity index (χ3v) is 4.47. The maximum Gasteiger partial charge on any atom is 0.0939 e. The van der Waals surface area contributed by atoms with E-state index in [9.17, 15) is 5.11 Å². The van der Waals surface area contributed by atoms with E-state index in [2.05, 4.69) is 13.8 Å². The van der Waals surface area contributed by atoms with Crippen LogP contribution in [0.3, 0.4) is 0 Å². The summed E-state index contributed by atoms with van der Waals surface area (Å²) in [5.41, 5.74) is -0.0368. The van der Waals surface area contributed by atoms with Crippen LogP contribution in [0.2, 0.25) is 0 Å². The van der Waals surface area contributed by atoms with Crippen LogP contribution in [-0.2, 0) is 9.47 Å². The van der Waals surface area contributed by atoms with E-state index in [0.29, 0.717) is 17.8 Å². The molecule has 2 aliphatic heterocycles. The van der Waals surface area contributed by atoms with Gasteiger partial charge in [0.2, 0.25) is 0 Å². The molecule has 0 radical (unpaired) electrons. The molecular weight excluding hydrogens is 216 g/mol. The molecule has 0 bridgehead atoms. The molecule has 0 saturated carbocycles. The minimum atomic E-state index is -0.225. The first kappa shape index (κ1) is 13.3. The Morgan fingerprint density at radius 2 is 2.00 bits per heavy atom. The highest BCUT2D eigenvalue weighted by molar-refractivity contribution is 4.93. The van der Waals surface area contributed by atoms with Gasteiger partial charge in [0.05, 0.1) is 18.3 Å². The van der Waals surface area contributed by atoms with Crippen LogP contribution in [0, 0.1) is 17.8 Å². The van der Waals surface area contributed by atoms with Gasteiger partial charge in [-0.2, -0.15) is 0 Å². The molecule has 2 aliphatic rings. The summed E-state index contributed by atoms with van der Waals surface area (Å²) in [5.74, 6) is 1.49. The van der Waals surface area contributed by atoms with Crippen molar-refractivity contribution in [3.63, 3.8) is 0 Å². The molecule has 1 N–H and O–H groups in total. The number of aliphatic hydroxyl groups is 1. The van der Waals surface area contributed by atoms with Gasteiger partial charge in [-0.3, -0.25) is 0 Å². The van der Waals surface area contributed by atoms with Gasteiger partial charge in [-0.15, -0.1) is 0 Å². The van der Waals surface area contributed by atoms with E-state index >= 15 is 0 Å². The summed E-state index contributed by atoms with van der Waals surface area (Å²) in [6.07, 6.45) is 2.93. The molecule has 0 aromatic rings. The normalized spacial score (nSPS) is 37.6. The minimum absolute atomic E-state index is 0.0368. The van der Waals surface area contributed by atoms with Gasteiger partial charge in [-0.05, 0) is 37.5 Å². The Labute approximate surface area is 104 Å². The van der Waals surface area contributed by atoms with Crippen molar-refractivity contribution in [1.29, 1.82) is 0 Å². The molecule has 2 fully saturated rings. The van der Waals surface area contributed by atoms with E-state index < -0.39 is 0 Å². The first-order valence-corrected chi connectivity index (χ1v) is 6.94. The molecule has 0 aromatic heterocycles. The third-order valence-electron chi connectivity index (χ3n) is 4.47. The van der Waals surface area contributed by atoms with Crippen molar-refractivity contribution in [2.24, 2.45) is 17.8 Å². The Bertz CT molecular complexity index is 236. The van der Waals surface area contributed by atoms with Crippen molar-refractivity contribution in [2.45, 2.75) is 51.7 Å². The second-order valence-corrected chi connectivity index (χ2v) is 6.15. The van der Waals surface area contributed by atoms with Gasteiger partial charge >= 0.3 is 0 Å². The summed E-state index contributed by atoms with van der Waals surface area (Å²) in [6.45, 7) is 8.75. The number of rotatable bonds is 3. The molecule has 2 heterocycles. The highest BCUT2D eigenvalue weighted by atomic mass is 16.6. The lowest BCUT2D eigenvalue weighted by molar-refractivity contribution is -0.118. The van der Waals surface area contributed by atoms with E-state index in [0.717, 1.165) is 39.1 Å². The molecule has 100 valence electrons. The average molecular weight is 242 g/mol. The largest absolute Gasteiger partial charge is 0.393 e. The molecule has 3 heteroatoms. The van der Waals surface area contributed by atoms with Crippen molar-refractivity contribution < 1.29 is 14.6 Å². The molecule has 1 spiro atoms. The number of ether oxygens (including phenoxy) is 2. The van der Waals surface area contributed by atoms with Crippen molar-refractivity contribution in [2.75, 3.05) is 19.8 Å². The maximum absolute atomic E-state index is 9.99. The van der Waals surface area contributed by atoms with Gasteiger partial charge in [-0.1, -0.05) is 13.8 Å². The van der Waals surface area contributed by atoms with Crippen LogP contribution in [0.1, 0.15) is 40.0 Å². The van der Waals surface area contributed by atoms with Gasteiger partial charge in [0.25, 0.3) is 0 Å². The van der Waals surface area contributed by atoms with E-state index in [4.69, 9.17) is 9.47 Å². The lowest BCUT2D eigenvalue weighted by Gasteiger charge is -2.42. The Morgan fingerprint density at radius 3 is 2.53 bits per heavy atom. The predicted molar refractivity (Wildman–Crippen MR) is 66.9 cm³/mol. The van der Waals surface area contributed by atoms with Crippen LogP contribution in [0.15, 0.2) is 0 Å². The SMILES string of the molecule is CC(C)C(C(C)O)C1CCOC2(CCOC2)C1. The Balaban J connectivity index is 2.05. The third kappa shape index (κ3) is 2.83. The highest BCUT2D eigenvalue weighted by Gasteiger charge is 2.44. The first-order chi connectivity index (χ1) is 8.04. The fourth-order valence-electron chi connectivity index (χ4n) is 3.75. The van der Waals surface area contributed by atoms with E-state index in [1.807, 2.05) is 6.92 Å². The summed E-state index contributed by atoms with van der Waals surface area (Å²) < 4.78 is 11.5. The minimum Gasteiger partial charge on any atom is -0.393 e. The zero-order valence-corrected chi connectivity index (χ0v) is 11.3. The maximum atomic E-state index is 9.99. The second-order valence-electron chi connectivity index (χ2n) is 6.15. The van der Waals surface area contributed by atoms with Crippen molar-refractivity contribution >= 4 is 0 Å². The van der Waals surface area contributed by atoms with E-state index in [1.165, 1.54) is 0 Å². The quantitative estimate of drug-likeness (QED) is 0.825. The average Bonchev–Trinajstić information content (AvgIpc) is 2.65. The number of aliphatic hydroxyl groups excluding tert-OH is 1. The van der Waals surface area contributed by atoms with Gasteiger partial charge in [0.15, 0.2) is 0 Å². The summed E-state index contributed by atoms with van der Waals surface area (Å²) in [6, 6.07) is 0. The topological polar surface area (TPSA) is 38.7 Å². The molecule has 3 nitrogen and oxygen atoms in total. The van der Waals surface area contributed by atoms with Crippen LogP contribution < -0.4 is 0 Å². The van der Waals surface area contributed by atoms with E-state index in [1.54, 1.807) is 0 Å². The molecule has 0 aromatic carbocycles. The molecule has 0 amide bonds. The molecular formula is C14H26O3. The smallest absolute Gasteiger partial charge is 0.0939 e. The molecule has 17 heavy (non-hydrogen) atoms. The lowest BCUT2D eigenvalue weighted by atomic mass is 9.72. The Hall–Kier alpha value is -0.120. The standard InChI is InChI=1S/C14H26O3/c1-10(2)13(11(3)15)12-4-6-17-14(8-12)5-7-16-9-14/h10-13,15H,4-9H2,1-3H3. The fraction of sp³-hybridized carbons (Fsp3) is 1.00. The molecule has 0 aliphatic carbocycles. The molecule has 4 atom stereocenters. The Kier molecular flexibility index (Phi) is 4.11. The number of hydrogen-bond acceptors (Lipinski definition) is 3. The van der Waals surface area contributed by atoms with Gasteiger partial charge in [0, 0.05) is 19.6 Å². The Morgan fingerprint density at radius 1 is 1.24 bits per heavy atom. The molecule has 2 saturated heterocycles. The summed E-state index contributed by atoms with van der Waals surface area (Å²) in [4.78, 5) is 0.